The Bertz CT molecular complexity index is 1440. The molecule has 9 nitrogen and oxygen atoms in total. The number of unbranched alkanes of at least 4 members (excludes halogenated alkanes) is 45. The molecule has 0 N–H and O–H groups in total. The number of hydrogen-bond donors (Lipinski definition) is 0. The monoisotopic (exact) mass is 1150 g/mol. The molecular weight excluding hydrogens is 1010 g/mol. The number of rotatable bonds is 65. The molecule has 0 saturated heterocycles. The van der Waals surface area contributed by atoms with Crippen molar-refractivity contribution in [1.82, 2.24) is 0 Å². The predicted molar refractivity (Wildman–Crippen MR) is 342 cm³/mol. The molecule has 0 spiro atoms. The number of allylic oxidation sites excluding steroid dienone is 6. The van der Waals surface area contributed by atoms with E-state index in [1.54, 1.807) is 0 Å². The predicted octanol–water partition coefficient (Wildman–Crippen LogP) is 21.6. The number of phosphoric acid groups is 1. The van der Waals surface area contributed by atoms with E-state index in [1.165, 1.54) is 270 Å². The summed E-state index contributed by atoms with van der Waals surface area (Å²) >= 11 is 0. The van der Waals surface area contributed by atoms with Gasteiger partial charge in [0.05, 0.1) is 27.7 Å². The summed E-state index contributed by atoms with van der Waals surface area (Å²) in [6, 6.07) is 0. The van der Waals surface area contributed by atoms with Crippen molar-refractivity contribution in [3.8, 4) is 0 Å². The third kappa shape index (κ3) is 65.4. The summed E-state index contributed by atoms with van der Waals surface area (Å²) in [5.74, 6) is -0.811. The molecule has 0 aliphatic carbocycles. The Kier molecular flexibility index (Phi) is 60.4. The van der Waals surface area contributed by atoms with Crippen LogP contribution in [-0.4, -0.2) is 70.0 Å². The maximum Gasteiger partial charge on any atom is 0.306 e. The number of esters is 2. The Hall–Kier alpha value is -1.77. The fourth-order valence-corrected chi connectivity index (χ4v) is 11.0. The highest BCUT2D eigenvalue weighted by Crippen LogP contribution is 2.38. The first-order chi connectivity index (χ1) is 39.0. The van der Waals surface area contributed by atoms with Crippen molar-refractivity contribution in [2.75, 3.05) is 47.5 Å². The molecule has 0 heterocycles. The van der Waals surface area contributed by atoms with Crippen LogP contribution in [0.25, 0.3) is 0 Å². The van der Waals surface area contributed by atoms with E-state index < -0.39 is 26.5 Å². The minimum Gasteiger partial charge on any atom is -0.756 e. The van der Waals surface area contributed by atoms with Crippen LogP contribution in [0.15, 0.2) is 36.5 Å². The summed E-state index contributed by atoms with van der Waals surface area (Å²) in [5.41, 5.74) is 0. The molecular formula is C70H134NO8P. The number of carbonyl (C=O) groups is 2. The van der Waals surface area contributed by atoms with Crippen LogP contribution in [-0.2, 0) is 32.7 Å². The van der Waals surface area contributed by atoms with Crippen LogP contribution in [0.5, 0.6) is 0 Å². The van der Waals surface area contributed by atoms with Gasteiger partial charge >= 0.3 is 11.9 Å². The van der Waals surface area contributed by atoms with E-state index in [2.05, 4.69) is 50.3 Å². The van der Waals surface area contributed by atoms with Crippen LogP contribution in [0.4, 0.5) is 0 Å². The largest absolute Gasteiger partial charge is 0.756 e. The van der Waals surface area contributed by atoms with E-state index in [4.69, 9.17) is 18.5 Å². The number of quaternary nitrogens is 1. The highest BCUT2D eigenvalue weighted by Gasteiger charge is 2.22. The number of phosphoric ester groups is 1. The van der Waals surface area contributed by atoms with Gasteiger partial charge in [0.25, 0.3) is 7.82 Å². The van der Waals surface area contributed by atoms with E-state index in [1.807, 2.05) is 21.1 Å². The van der Waals surface area contributed by atoms with Crippen LogP contribution < -0.4 is 4.89 Å². The van der Waals surface area contributed by atoms with Gasteiger partial charge < -0.3 is 27.9 Å². The summed E-state index contributed by atoms with van der Waals surface area (Å²) in [6.45, 7) is 4.29. The first-order valence-corrected chi connectivity index (χ1v) is 36.2. The molecule has 10 heteroatoms. The van der Waals surface area contributed by atoms with Gasteiger partial charge in [-0.2, -0.15) is 0 Å². The van der Waals surface area contributed by atoms with E-state index in [-0.39, 0.29) is 32.0 Å². The normalized spacial score (nSPS) is 13.3. The van der Waals surface area contributed by atoms with E-state index in [9.17, 15) is 19.0 Å². The molecule has 472 valence electrons. The molecule has 0 aromatic heterocycles. The van der Waals surface area contributed by atoms with Crippen LogP contribution in [0.1, 0.15) is 348 Å². The highest BCUT2D eigenvalue weighted by atomic mass is 31.2. The molecule has 0 radical (unpaired) electrons. The van der Waals surface area contributed by atoms with Crippen LogP contribution in [0.3, 0.4) is 0 Å². The van der Waals surface area contributed by atoms with Gasteiger partial charge in [0, 0.05) is 12.8 Å². The zero-order valence-electron chi connectivity index (χ0n) is 53.8. The lowest BCUT2D eigenvalue weighted by Gasteiger charge is -2.28. The number of hydrogen-bond acceptors (Lipinski definition) is 8. The van der Waals surface area contributed by atoms with Crippen molar-refractivity contribution < 1.29 is 42.1 Å². The first kappa shape index (κ1) is 78.2. The second-order valence-corrected chi connectivity index (χ2v) is 26.3. The Morgan fingerprint density at radius 3 is 1.00 bits per heavy atom. The molecule has 2 atom stereocenters. The van der Waals surface area contributed by atoms with Crippen molar-refractivity contribution in [2.45, 2.75) is 354 Å². The molecule has 0 amide bonds. The van der Waals surface area contributed by atoms with Gasteiger partial charge in [-0.15, -0.1) is 0 Å². The Morgan fingerprint density at radius 1 is 0.388 bits per heavy atom. The lowest BCUT2D eigenvalue weighted by Crippen LogP contribution is -2.37. The van der Waals surface area contributed by atoms with Crippen LogP contribution in [0, 0.1) is 0 Å². The number of likely N-dealkylation sites (N-methyl/N-ethyl adjacent to an activating group) is 1. The van der Waals surface area contributed by atoms with Crippen molar-refractivity contribution in [2.24, 2.45) is 0 Å². The quantitative estimate of drug-likeness (QED) is 0.0195. The molecule has 0 saturated carbocycles. The van der Waals surface area contributed by atoms with Crippen molar-refractivity contribution in [1.29, 1.82) is 0 Å². The van der Waals surface area contributed by atoms with Gasteiger partial charge in [-0.25, -0.2) is 0 Å². The van der Waals surface area contributed by atoms with Crippen molar-refractivity contribution in [3.05, 3.63) is 36.5 Å². The summed E-state index contributed by atoms with van der Waals surface area (Å²) < 4.78 is 34.3. The fourth-order valence-electron chi connectivity index (χ4n) is 10.3. The molecule has 2 unspecified atom stereocenters. The molecule has 0 aliphatic heterocycles. The van der Waals surface area contributed by atoms with Gasteiger partial charge in [0.15, 0.2) is 6.10 Å². The minimum atomic E-state index is -4.63. The zero-order valence-corrected chi connectivity index (χ0v) is 54.7. The summed E-state index contributed by atoms with van der Waals surface area (Å²) in [5, 5.41) is 0. The van der Waals surface area contributed by atoms with Crippen LogP contribution in [0.2, 0.25) is 0 Å². The second kappa shape index (κ2) is 61.8. The maximum absolute atomic E-state index is 12.8. The zero-order chi connectivity index (χ0) is 58.4. The van der Waals surface area contributed by atoms with E-state index in [0.29, 0.717) is 17.4 Å². The molecule has 0 aliphatic rings. The van der Waals surface area contributed by atoms with Gasteiger partial charge in [-0.3, -0.25) is 14.2 Å². The Morgan fingerprint density at radius 2 is 0.675 bits per heavy atom. The second-order valence-electron chi connectivity index (χ2n) is 24.9. The first-order valence-electron chi connectivity index (χ1n) is 34.7. The average Bonchev–Trinajstić information content (AvgIpc) is 3.42. The van der Waals surface area contributed by atoms with Gasteiger partial charge in [0.2, 0.25) is 0 Å². The third-order valence-corrected chi connectivity index (χ3v) is 16.6. The SMILES string of the molecule is CCCCCCC/C=C\C/C=C\C/C=C\CCCCCCCCCCCCCCCCCCCCCCCCCCC(=O)OC(COC(=O)CCCCCCCCCCCCCCCCCCC)COP(=O)([O-])OCC[N+](C)(C)C. The van der Waals surface area contributed by atoms with E-state index in [0.717, 1.165) is 44.9 Å². The molecule has 0 rings (SSSR count). The molecule has 0 aromatic rings. The lowest BCUT2D eigenvalue weighted by molar-refractivity contribution is -0.870. The van der Waals surface area contributed by atoms with Gasteiger partial charge in [0.1, 0.15) is 19.8 Å². The molecule has 0 bridgehead atoms. The number of carbonyl (C=O) groups excluding carboxylic acids is 2. The molecule has 0 aromatic carbocycles. The number of ether oxygens (including phenoxy) is 2. The average molecular weight is 1150 g/mol. The summed E-state index contributed by atoms with van der Waals surface area (Å²) in [7, 11) is 1.19. The van der Waals surface area contributed by atoms with Crippen molar-refractivity contribution in [3.63, 3.8) is 0 Å². The topological polar surface area (TPSA) is 111 Å². The maximum atomic E-state index is 12.8. The third-order valence-electron chi connectivity index (χ3n) is 15.7. The number of nitrogens with zero attached hydrogens (tertiary/aromatic N) is 1. The lowest BCUT2D eigenvalue weighted by atomic mass is 10.0. The summed E-state index contributed by atoms with van der Waals surface area (Å²) in [4.78, 5) is 38.0. The Labute approximate surface area is 497 Å². The molecule has 80 heavy (non-hydrogen) atoms. The minimum absolute atomic E-state index is 0.0270. The smallest absolute Gasteiger partial charge is 0.306 e. The van der Waals surface area contributed by atoms with Crippen molar-refractivity contribution >= 4 is 19.8 Å². The molecule has 0 fully saturated rings. The summed E-state index contributed by atoms with van der Waals surface area (Å²) in [6.07, 6.45) is 78.1. The highest BCUT2D eigenvalue weighted by molar-refractivity contribution is 7.45. The Balaban J connectivity index is 3.90. The van der Waals surface area contributed by atoms with Gasteiger partial charge in [-0.1, -0.05) is 320 Å². The van der Waals surface area contributed by atoms with E-state index >= 15 is 0 Å². The van der Waals surface area contributed by atoms with Gasteiger partial charge in [-0.05, 0) is 51.4 Å². The standard InChI is InChI=1S/C70H134NO8P/c1-6-8-10-12-14-16-18-20-22-24-25-26-27-28-29-30-31-32-33-34-35-36-37-38-39-40-41-42-43-44-45-47-49-51-53-55-57-59-61-63-70(73)79-68(67-78-80(74,75)77-65-64-71(3,4)5)66-76-69(72)62-60-58-56-54-52-50-48-46-23-21-19-17-15-13-11-9-7-2/h18,20,24-25,27-28,68H,6-17,19,21-23,26,29-67H2,1-5H3/b20-18-,25-24-,28-27-. The van der Waals surface area contributed by atoms with Crippen LogP contribution >= 0.6 is 7.82 Å². The fraction of sp³-hybridized carbons (Fsp3) is 0.886.